The summed E-state index contributed by atoms with van der Waals surface area (Å²) in [6, 6.07) is 9.04. The highest BCUT2D eigenvalue weighted by Gasteiger charge is 2.50. The lowest BCUT2D eigenvalue weighted by Crippen LogP contribution is -2.53. The van der Waals surface area contributed by atoms with Gasteiger partial charge in [0.1, 0.15) is 23.5 Å². The molecular formula is C27H33N5O3S. The second-order valence-corrected chi connectivity index (χ2v) is 11.0. The van der Waals surface area contributed by atoms with Crippen molar-refractivity contribution in [3.05, 3.63) is 47.7 Å². The Labute approximate surface area is 216 Å². The van der Waals surface area contributed by atoms with Gasteiger partial charge in [0.05, 0.1) is 23.8 Å². The number of carbonyl (C=O) groups is 2. The molecule has 0 bridgehead atoms. The smallest absolute Gasteiger partial charge is 0.217 e. The van der Waals surface area contributed by atoms with Crippen molar-refractivity contribution in [2.45, 2.75) is 52.2 Å². The van der Waals surface area contributed by atoms with Gasteiger partial charge in [-0.15, -0.1) is 0 Å². The predicted molar refractivity (Wildman–Crippen MR) is 145 cm³/mol. The molecule has 9 heteroatoms. The molecule has 3 heterocycles. The van der Waals surface area contributed by atoms with E-state index in [2.05, 4.69) is 52.1 Å². The van der Waals surface area contributed by atoms with E-state index in [4.69, 9.17) is 4.74 Å². The van der Waals surface area contributed by atoms with Crippen LogP contribution in [0.2, 0.25) is 0 Å². The molecule has 1 atom stereocenters. The Hall–Kier alpha value is -3.04. The molecule has 0 saturated carbocycles. The largest absolute Gasteiger partial charge is 0.483 e. The summed E-state index contributed by atoms with van der Waals surface area (Å²) in [6.07, 6.45) is 4.11. The molecule has 0 radical (unpaired) electrons. The van der Waals surface area contributed by atoms with Gasteiger partial charge in [-0.05, 0) is 24.7 Å². The summed E-state index contributed by atoms with van der Waals surface area (Å²) in [4.78, 5) is 34.2. The average molecular weight is 508 g/mol. The van der Waals surface area contributed by atoms with Gasteiger partial charge in [0, 0.05) is 55.0 Å². The third-order valence-electron chi connectivity index (χ3n) is 6.65. The third-order valence-corrected chi connectivity index (χ3v) is 7.44. The molecule has 36 heavy (non-hydrogen) atoms. The molecule has 1 aromatic heterocycles. The summed E-state index contributed by atoms with van der Waals surface area (Å²) < 4.78 is 11.1. The zero-order valence-electron chi connectivity index (χ0n) is 21.3. The van der Waals surface area contributed by atoms with Gasteiger partial charge in [0.15, 0.2) is 0 Å². The van der Waals surface area contributed by atoms with E-state index in [0.29, 0.717) is 11.3 Å². The van der Waals surface area contributed by atoms with Crippen LogP contribution in [-0.2, 0) is 4.79 Å². The van der Waals surface area contributed by atoms with E-state index in [-0.39, 0.29) is 17.4 Å². The van der Waals surface area contributed by atoms with E-state index in [9.17, 15) is 9.59 Å². The van der Waals surface area contributed by atoms with Crippen molar-refractivity contribution >= 4 is 36.7 Å². The van der Waals surface area contributed by atoms with Crippen molar-refractivity contribution in [3.63, 3.8) is 0 Å². The molecule has 1 spiro atoms. The molecular weight excluding hydrogens is 474 g/mol. The number of fused-ring (bicyclic) bond motifs is 1. The highest BCUT2D eigenvalue weighted by atomic mass is 32.2. The number of carbonyl (C=O) groups excluding carboxylic acids is 2. The van der Waals surface area contributed by atoms with Crippen molar-refractivity contribution in [1.82, 2.24) is 15.2 Å². The SMILES string of the molecule is C=N/C(=N\SCN1CCC2(CC1)Oc1cnc(-c3ccc(C=O)cc3)cc1C2NC(C)=O)C(C)(C)C. The Kier molecular flexibility index (Phi) is 7.61. The first-order valence-electron chi connectivity index (χ1n) is 12.1. The van der Waals surface area contributed by atoms with E-state index >= 15 is 0 Å². The Morgan fingerprint density at radius 1 is 1.31 bits per heavy atom. The first kappa shape index (κ1) is 26.0. The predicted octanol–water partition coefficient (Wildman–Crippen LogP) is 4.72. The molecule has 1 fully saturated rings. The molecule has 2 aliphatic heterocycles. The van der Waals surface area contributed by atoms with E-state index in [1.807, 2.05) is 18.2 Å². The summed E-state index contributed by atoms with van der Waals surface area (Å²) in [5.41, 5.74) is 2.58. The van der Waals surface area contributed by atoms with Crippen LogP contribution in [0.3, 0.4) is 0 Å². The molecule has 2 aliphatic rings. The Morgan fingerprint density at radius 3 is 2.58 bits per heavy atom. The number of amidine groups is 1. The lowest BCUT2D eigenvalue weighted by Gasteiger charge is -2.41. The molecule has 190 valence electrons. The third kappa shape index (κ3) is 5.52. The number of aldehydes is 1. The molecule has 2 aromatic rings. The number of nitrogens with one attached hydrogen (secondary N) is 1. The molecule has 4 rings (SSSR count). The van der Waals surface area contributed by atoms with Crippen molar-refractivity contribution < 1.29 is 14.3 Å². The maximum Gasteiger partial charge on any atom is 0.217 e. The fourth-order valence-electron chi connectivity index (χ4n) is 4.66. The summed E-state index contributed by atoms with van der Waals surface area (Å²) in [6.45, 7) is 13.1. The van der Waals surface area contributed by atoms with E-state index < -0.39 is 5.60 Å². The van der Waals surface area contributed by atoms with Crippen LogP contribution in [0.1, 0.15) is 62.5 Å². The number of hydrogen-bond donors (Lipinski definition) is 1. The van der Waals surface area contributed by atoms with Crippen LogP contribution in [0.4, 0.5) is 0 Å². The first-order chi connectivity index (χ1) is 17.1. The van der Waals surface area contributed by atoms with Crippen LogP contribution in [-0.4, -0.2) is 59.2 Å². The number of amides is 1. The first-order valence-corrected chi connectivity index (χ1v) is 13.0. The number of piperidine rings is 1. The number of hydrogen-bond acceptors (Lipinski definition) is 7. The van der Waals surface area contributed by atoms with Crippen molar-refractivity contribution in [3.8, 4) is 17.0 Å². The van der Waals surface area contributed by atoms with Gasteiger partial charge in [-0.2, -0.15) is 4.40 Å². The van der Waals surface area contributed by atoms with Crippen LogP contribution in [0.25, 0.3) is 11.3 Å². The number of aliphatic imine (C=N–C) groups is 1. The number of likely N-dealkylation sites (tertiary alicyclic amines) is 1. The quantitative estimate of drug-likeness (QED) is 0.263. The highest BCUT2D eigenvalue weighted by molar-refractivity contribution is 7.98. The molecule has 1 N–H and O–H groups in total. The number of pyridine rings is 1. The van der Waals surface area contributed by atoms with Gasteiger partial charge < -0.3 is 10.1 Å². The molecule has 0 aliphatic carbocycles. The van der Waals surface area contributed by atoms with Gasteiger partial charge in [0.25, 0.3) is 0 Å². The fraction of sp³-hybridized carbons (Fsp3) is 0.444. The number of nitrogens with zero attached hydrogens (tertiary/aromatic N) is 4. The lowest BCUT2D eigenvalue weighted by atomic mass is 9.82. The summed E-state index contributed by atoms with van der Waals surface area (Å²) >= 11 is 1.49. The molecule has 1 amide bonds. The minimum atomic E-state index is -0.515. The van der Waals surface area contributed by atoms with E-state index in [0.717, 1.165) is 60.8 Å². The molecule has 1 unspecified atom stereocenters. The zero-order valence-corrected chi connectivity index (χ0v) is 22.1. The standard InChI is InChI=1S/C27H33N5O3S/c1-18(34)30-24-21-14-22(20-8-6-19(16-33)7-9-20)29-15-23(21)35-27(24)10-12-32(13-11-27)17-36-31-25(28-5)26(2,3)4/h6-9,14-16,24H,5,10-13,17H2,1-4H3,(H,30,34)/b31-25-. The van der Waals surface area contributed by atoms with Gasteiger partial charge in [-0.1, -0.05) is 45.0 Å². The van der Waals surface area contributed by atoms with Crippen LogP contribution in [0.15, 0.2) is 45.9 Å². The maximum atomic E-state index is 12.2. The number of aromatic nitrogens is 1. The minimum Gasteiger partial charge on any atom is -0.483 e. The van der Waals surface area contributed by atoms with Crippen molar-refractivity contribution in [2.75, 3.05) is 19.0 Å². The van der Waals surface area contributed by atoms with Crippen LogP contribution < -0.4 is 10.1 Å². The van der Waals surface area contributed by atoms with Crippen molar-refractivity contribution in [1.29, 1.82) is 0 Å². The lowest BCUT2D eigenvalue weighted by molar-refractivity contribution is -0.121. The number of ether oxygens (including phenoxy) is 1. The van der Waals surface area contributed by atoms with Crippen LogP contribution >= 0.6 is 11.9 Å². The van der Waals surface area contributed by atoms with E-state index in [1.165, 1.54) is 18.9 Å². The highest BCUT2D eigenvalue weighted by Crippen LogP contribution is 2.49. The Bertz CT molecular complexity index is 1160. The molecule has 1 aromatic carbocycles. The van der Waals surface area contributed by atoms with Crippen LogP contribution in [0.5, 0.6) is 5.75 Å². The minimum absolute atomic E-state index is 0.0940. The second kappa shape index (κ2) is 10.5. The van der Waals surface area contributed by atoms with E-state index in [1.54, 1.807) is 18.3 Å². The number of rotatable bonds is 6. The zero-order chi connectivity index (χ0) is 25.9. The topological polar surface area (TPSA) is 96.2 Å². The van der Waals surface area contributed by atoms with Crippen molar-refractivity contribution in [2.24, 2.45) is 14.8 Å². The second-order valence-electron chi connectivity index (χ2n) is 10.3. The Balaban J connectivity index is 1.49. The Morgan fingerprint density at radius 2 is 2.00 bits per heavy atom. The van der Waals surface area contributed by atoms with Gasteiger partial charge >= 0.3 is 0 Å². The maximum absolute atomic E-state index is 12.2. The monoisotopic (exact) mass is 507 g/mol. The van der Waals surface area contributed by atoms with Gasteiger partial charge in [-0.3, -0.25) is 19.5 Å². The summed E-state index contributed by atoms with van der Waals surface area (Å²) in [5.74, 6) is 2.11. The number of benzene rings is 1. The normalized spacial score (nSPS) is 19.4. The fourth-order valence-corrected chi connectivity index (χ4v) is 5.59. The van der Waals surface area contributed by atoms with Gasteiger partial charge in [0.2, 0.25) is 5.91 Å². The summed E-state index contributed by atoms with van der Waals surface area (Å²) in [7, 11) is 0. The van der Waals surface area contributed by atoms with Gasteiger partial charge in [-0.25, -0.2) is 4.99 Å². The molecule has 1 saturated heterocycles. The average Bonchev–Trinajstić information content (AvgIpc) is 3.13. The van der Waals surface area contributed by atoms with Crippen LogP contribution in [0, 0.1) is 5.41 Å². The summed E-state index contributed by atoms with van der Waals surface area (Å²) in [5, 5.41) is 3.15. The molecule has 8 nitrogen and oxygen atoms in total.